The fourth-order valence-corrected chi connectivity index (χ4v) is 4.58. The maximum atomic E-state index is 12.9. The third kappa shape index (κ3) is 1.46. The maximum Gasteiger partial charge on any atom is 0.241 e. The van der Waals surface area contributed by atoms with Gasteiger partial charge in [-0.1, -0.05) is 41.4 Å². The van der Waals surface area contributed by atoms with Gasteiger partial charge in [0, 0.05) is 0 Å². The molecule has 0 radical (unpaired) electrons. The Bertz CT molecular complexity index is 714. The number of fused-ring (bicyclic) bond motifs is 5. The topological polar surface area (TPSA) is 37.4 Å². The first kappa shape index (κ1) is 13.4. The smallest absolute Gasteiger partial charge is 0.241 e. The van der Waals surface area contributed by atoms with Crippen molar-refractivity contribution in [2.45, 2.75) is 13.3 Å². The van der Waals surface area contributed by atoms with Crippen molar-refractivity contribution >= 4 is 40.7 Å². The summed E-state index contributed by atoms with van der Waals surface area (Å²) < 4.78 is 0. The van der Waals surface area contributed by atoms with Crippen LogP contribution >= 0.6 is 23.2 Å². The molecule has 1 aliphatic heterocycles. The molecule has 5 heteroatoms. The Kier molecular flexibility index (Phi) is 2.61. The lowest BCUT2D eigenvalue weighted by molar-refractivity contribution is -0.127. The fraction of sp³-hybridized carbons (Fsp3) is 0.375. The van der Waals surface area contributed by atoms with Crippen molar-refractivity contribution in [1.82, 2.24) is 0 Å². The molecule has 2 aliphatic carbocycles. The maximum absolute atomic E-state index is 12.9. The zero-order valence-electron chi connectivity index (χ0n) is 11.3. The van der Waals surface area contributed by atoms with Crippen LogP contribution in [0.15, 0.2) is 30.4 Å². The number of imide groups is 1. The van der Waals surface area contributed by atoms with E-state index >= 15 is 0 Å². The highest BCUT2D eigenvalue weighted by molar-refractivity contribution is 6.45. The molecule has 1 saturated heterocycles. The van der Waals surface area contributed by atoms with Crippen LogP contribution in [0.5, 0.6) is 0 Å². The number of rotatable bonds is 1. The van der Waals surface area contributed by atoms with Gasteiger partial charge in [-0.2, -0.15) is 0 Å². The minimum Gasteiger partial charge on any atom is -0.274 e. The number of anilines is 1. The van der Waals surface area contributed by atoms with Gasteiger partial charge >= 0.3 is 0 Å². The zero-order valence-corrected chi connectivity index (χ0v) is 12.9. The molecule has 1 heterocycles. The Morgan fingerprint density at radius 3 is 2.71 bits per heavy atom. The average Bonchev–Trinajstić information content (AvgIpc) is 3.07. The lowest BCUT2D eigenvalue weighted by Gasteiger charge is -2.28. The van der Waals surface area contributed by atoms with E-state index in [1.54, 1.807) is 18.2 Å². The highest BCUT2D eigenvalue weighted by atomic mass is 35.5. The minimum absolute atomic E-state index is 0.145. The van der Waals surface area contributed by atoms with Gasteiger partial charge in [0.05, 0.1) is 27.1 Å². The van der Waals surface area contributed by atoms with Gasteiger partial charge < -0.3 is 0 Å². The van der Waals surface area contributed by atoms with Crippen molar-refractivity contribution in [3.63, 3.8) is 0 Å². The summed E-state index contributed by atoms with van der Waals surface area (Å²) >= 11 is 12.2. The van der Waals surface area contributed by atoms with E-state index in [0.29, 0.717) is 10.7 Å². The van der Waals surface area contributed by atoms with Gasteiger partial charge in [-0.15, -0.1) is 0 Å². The molecule has 3 nitrogen and oxygen atoms in total. The van der Waals surface area contributed by atoms with Crippen molar-refractivity contribution in [2.24, 2.45) is 23.2 Å². The predicted molar refractivity (Wildman–Crippen MR) is 81.3 cm³/mol. The molecule has 0 aromatic heterocycles. The molecule has 2 amide bonds. The molecule has 3 aliphatic rings. The van der Waals surface area contributed by atoms with Crippen molar-refractivity contribution in [2.75, 3.05) is 4.90 Å². The molecule has 1 aromatic rings. The summed E-state index contributed by atoms with van der Waals surface area (Å²) in [5.41, 5.74) is -0.239. The molecular formula is C16H13Cl2NO2. The van der Waals surface area contributed by atoms with Crippen LogP contribution < -0.4 is 4.90 Å². The normalized spacial score (nSPS) is 36.7. The van der Waals surface area contributed by atoms with Crippen LogP contribution in [0.3, 0.4) is 0 Å². The number of halogens is 2. The first-order valence-corrected chi connectivity index (χ1v) is 7.72. The van der Waals surface area contributed by atoms with E-state index in [1.165, 1.54) is 4.90 Å². The molecule has 2 fully saturated rings. The molecule has 2 bridgehead atoms. The van der Waals surface area contributed by atoms with E-state index in [9.17, 15) is 9.59 Å². The first-order valence-electron chi connectivity index (χ1n) is 6.97. The fourth-order valence-electron chi connectivity index (χ4n) is 4.20. The molecule has 21 heavy (non-hydrogen) atoms. The number of nitrogens with zero attached hydrogens (tertiary/aromatic N) is 1. The van der Waals surface area contributed by atoms with Gasteiger partial charge in [-0.05, 0) is 37.3 Å². The monoisotopic (exact) mass is 321 g/mol. The number of carbonyl (C=O) groups excluding carboxylic acids is 2. The van der Waals surface area contributed by atoms with E-state index in [4.69, 9.17) is 23.2 Å². The van der Waals surface area contributed by atoms with E-state index < -0.39 is 5.41 Å². The number of allylic oxidation sites excluding steroid dienone is 2. The van der Waals surface area contributed by atoms with E-state index in [0.717, 1.165) is 6.42 Å². The van der Waals surface area contributed by atoms with Crippen LogP contribution in [-0.4, -0.2) is 11.8 Å². The lowest BCUT2D eigenvalue weighted by Crippen LogP contribution is -2.37. The predicted octanol–water partition coefficient (Wildman–Crippen LogP) is 3.70. The molecular weight excluding hydrogens is 309 g/mol. The van der Waals surface area contributed by atoms with Gasteiger partial charge in [0.25, 0.3) is 0 Å². The van der Waals surface area contributed by atoms with Crippen LogP contribution in [0.4, 0.5) is 5.69 Å². The highest BCUT2D eigenvalue weighted by Gasteiger charge is 2.67. The van der Waals surface area contributed by atoms with E-state index in [1.807, 2.05) is 6.92 Å². The zero-order chi connectivity index (χ0) is 14.9. The van der Waals surface area contributed by atoms with Gasteiger partial charge in [0.15, 0.2) is 0 Å². The van der Waals surface area contributed by atoms with E-state index in [2.05, 4.69) is 12.2 Å². The second-order valence-corrected chi connectivity index (χ2v) is 6.99. The largest absolute Gasteiger partial charge is 0.274 e. The van der Waals surface area contributed by atoms with Crippen LogP contribution in [0, 0.1) is 23.2 Å². The minimum atomic E-state index is -0.637. The quantitative estimate of drug-likeness (QED) is 0.584. The summed E-state index contributed by atoms with van der Waals surface area (Å²) in [6, 6.07) is 5.02. The Balaban J connectivity index is 1.85. The van der Waals surface area contributed by atoms with Crippen molar-refractivity contribution in [3.05, 3.63) is 40.4 Å². The Labute approximate surface area is 132 Å². The average molecular weight is 322 g/mol. The van der Waals surface area contributed by atoms with Crippen LogP contribution in [0.25, 0.3) is 0 Å². The van der Waals surface area contributed by atoms with Crippen LogP contribution in [-0.2, 0) is 9.59 Å². The third-order valence-electron chi connectivity index (χ3n) is 5.28. The number of carbonyl (C=O) groups is 2. The van der Waals surface area contributed by atoms with Gasteiger partial charge in [-0.25, -0.2) is 4.90 Å². The summed E-state index contributed by atoms with van der Waals surface area (Å²) in [6.45, 7) is 1.91. The number of amides is 2. The number of hydrogen-bond acceptors (Lipinski definition) is 2. The summed E-state index contributed by atoms with van der Waals surface area (Å²) in [5.74, 6) is -0.261. The number of hydrogen-bond donors (Lipinski definition) is 0. The molecule has 0 spiro atoms. The summed E-state index contributed by atoms with van der Waals surface area (Å²) in [5, 5.41) is 0.600. The first-order chi connectivity index (χ1) is 9.96. The van der Waals surface area contributed by atoms with Crippen LogP contribution in [0.2, 0.25) is 10.0 Å². The van der Waals surface area contributed by atoms with Crippen molar-refractivity contribution in [1.29, 1.82) is 0 Å². The molecule has 1 aromatic carbocycles. The highest BCUT2D eigenvalue weighted by Crippen LogP contribution is 2.61. The summed E-state index contributed by atoms with van der Waals surface area (Å²) in [6.07, 6.45) is 5.05. The second-order valence-electron chi connectivity index (χ2n) is 6.20. The SMILES string of the molecule is CC12C(=O)N(c3cccc(Cl)c3Cl)C(=O)C1C1C=CC2C1. The van der Waals surface area contributed by atoms with Gasteiger partial charge in [-0.3, -0.25) is 9.59 Å². The number of benzene rings is 1. The molecule has 4 unspecified atom stereocenters. The molecule has 1 saturated carbocycles. The Hall–Kier alpha value is -1.32. The molecule has 0 N–H and O–H groups in total. The van der Waals surface area contributed by atoms with Crippen molar-refractivity contribution < 1.29 is 9.59 Å². The molecule has 4 atom stereocenters. The standard InChI is InChI=1S/C16H13Cl2NO2/c1-16-9-6-5-8(7-9)12(16)14(20)19(15(16)21)11-4-2-3-10(17)13(11)18/h2-6,8-9,12H,7H2,1H3. The summed E-state index contributed by atoms with van der Waals surface area (Å²) in [4.78, 5) is 27.0. The van der Waals surface area contributed by atoms with Gasteiger partial charge in [0.2, 0.25) is 11.8 Å². The second kappa shape index (κ2) is 4.11. The lowest BCUT2D eigenvalue weighted by atomic mass is 9.71. The van der Waals surface area contributed by atoms with Crippen molar-refractivity contribution in [3.8, 4) is 0 Å². The van der Waals surface area contributed by atoms with E-state index in [-0.39, 0.29) is 34.6 Å². The molecule has 4 rings (SSSR count). The Morgan fingerprint density at radius 1 is 1.24 bits per heavy atom. The molecule has 108 valence electrons. The van der Waals surface area contributed by atoms with Crippen LogP contribution in [0.1, 0.15) is 13.3 Å². The van der Waals surface area contributed by atoms with Gasteiger partial charge in [0.1, 0.15) is 0 Å². The third-order valence-corrected chi connectivity index (χ3v) is 6.09. The summed E-state index contributed by atoms with van der Waals surface area (Å²) in [7, 11) is 0. The Morgan fingerprint density at radius 2 is 2.00 bits per heavy atom.